The largest absolute Gasteiger partial charge is 0.466 e. The first-order valence-electron chi connectivity index (χ1n) is 29.7. The molecule has 0 radical (unpaired) electrons. The molecule has 0 aromatic rings. The SMILES string of the molecule is CCCCC/C=C\C/C=C\CCCCCCCC(=O)OCC(COC(=O)CCCCCCCC(=O)OCCCCCCCCCCC)OC(=O)CCCC(CCCCCCCC)OC(=O)NCCN(C)CC. The third kappa shape index (κ3) is 50.1. The van der Waals surface area contributed by atoms with Crippen molar-refractivity contribution in [2.45, 2.75) is 284 Å². The van der Waals surface area contributed by atoms with Gasteiger partial charge in [-0.1, -0.05) is 187 Å². The van der Waals surface area contributed by atoms with Crippen LogP contribution < -0.4 is 5.32 Å². The molecule has 0 aromatic heterocycles. The van der Waals surface area contributed by atoms with Crippen molar-refractivity contribution in [2.24, 2.45) is 0 Å². The van der Waals surface area contributed by atoms with Gasteiger partial charge in [0.25, 0.3) is 0 Å². The van der Waals surface area contributed by atoms with Crippen LogP contribution in [0.3, 0.4) is 0 Å². The Morgan fingerprint density at radius 3 is 1.38 bits per heavy atom. The number of amides is 1. The van der Waals surface area contributed by atoms with Gasteiger partial charge >= 0.3 is 30.0 Å². The summed E-state index contributed by atoms with van der Waals surface area (Å²) in [6.45, 7) is 10.9. The van der Waals surface area contributed by atoms with E-state index in [0.29, 0.717) is 38.8 Å². The highest BCUT2D eigenvalue weighted by Gasteiger charge is 2.21. The Morgan fingerprint density at radius 1 is 0.431 bits per heavy atom. The maximum Gasteiger partial charge on any atom is 0.407 e. The molecule has 0 aliphatic rings. The molecule has 72 heavy (non-hydrogen) atoms. The zero-order chi connectivity index (χ0) is 52.8. The Balaban J connectivity index is 4.90. The van der Waals surface area contributed by atoms with E-state index < -0.39 is 24.1 Å². The molecule has 0 aliphatic heterocycles. The number of allylic oxidation sites excluding steroid dienone is 4. The lowest BCUT2D eigenvalue weighted by Gasteiger charge is -2.20. The van der Waals surface area contributed by atoms with Crippen molar-refractivity contribution >= 4 is 30.0 Å². The summed E-state index contributed by atoms with van der Waals surface area (Å²) in [4.78, 5) is 65.7. The molecular weight excluding hydrogens is 909 g/mol. The number of likely N-dealkylation sites (N-methyl/N-ethyl adjacent to an activating group) is 1. The van der Waals surface area contributed by atoms with Gasteiger partial charge in [0.2, 0.25) is 0 Å². The van der Waals surface area contributed by atoms with Gasteiger partial charge in [0.1, 0.15) is 19.3 Å². The molecule has 0 bridgehead atoms. The summed E-state index contributed by atoms with van der Waals surface area (Å²) >= 11 is 0. The van der Waals surface area contributed by atoms with Gasteiger partial charge in [0.05, 0.1) is 6.61 Å². The summed E-state index contributed by atoms with van der Waals surface area (Å²) in [6, 6.07) is 0. The van der Waals surface area contributed by atoms with Crippen molar-refractivity contribution in [3.05, 3.63) is 24.3 Å². The quantitative estimate of drug-likeness (QED) is 0.0269. The summed E-state index contributed by atoms with van der Waals surface area (Å²) in [7, 11) is 2.00. The third-order valence-electron chi connectivity index (χ3n) is 13.1. The number of carbonyl (C=O) groups excluding carboxylic acids is 5. The first-order valence-corrected chi connectivity index (χ1v) is 29.7. The molecule has 0 aromatic carbocycles. The lowest BCUT2D eigenvalue weighted by atomic mass is 10.0. The minimum atomic E-state index is -0.933. The highest BCUT2D eigenvalue weighted by atomic mass is 16.6. The Hall–Kier alpha value is -3.41. The predicted octanol–water partition coefficient (Wildman–Crippen LogP) is 15.6. The highest BCUT2D eigenvalue weighted by molar-refractivity contribution is 5.71. The Morgan fingerprint density at radius 2 is 0.847 bits per heavy atom. The van der Waals surface area contributed by atoms with Crippen molar-refractivity contribution < 1.29 is 47.7 Å². The van der Waals surface area contributed by atoms with E-state index in [4.69, 9.17) is 23.7 Å². The molecule has 12 heteroatoms. The summed E-state index contributed by atoms with van der Waals surface area (Å²) in [6.07, 6.45) is 43.8. The van der Waals surface area contributed by atoms with Gasteiger partial charge in [0.15, 0.2) is 6.10 Å². The second kappa shape index (κ2) is 53.9. The molecule has 0 aliphatic carbocycles. The van der Waals surface area contributed by atoms with E-state index in [1.807, 2.05) is 7.05 Å². The number of esters is 4. The number of hydrogen-bond acceptors (Lipinski definition) is 11. The molecule has 0 spiro atoms. The van der Waals surface area contributed by atoms with Crippen molar-refractivity contribution in [3.8, 4) is 0 Å². The van der Waals surface area contributed by atoms with Crippen LogP contribution in [-0.4, -0.2) is 93.6 Å². The number of alkyl carbamates (subject to hydrolysis) is 1. The third-order valence-corrected chi connectivity index (χ3v) is 13.1. The zero-order valence-electron chi connectivity index (χ0n) is 47.1. The number of nitrogens with zero attached hydrogens (tertiary/aromatic N) is 1. The first-order chi connectivity index (χ1) is 35.1. The summed E-state index contributed by atoms with van der Waals surface area (Å²) in [5.74, 6) is -1.39. The Kier molecular flexibility index (Phi) is 51.3. The number of ether oxygens (including phenoxy) is 5. The molecule has 420 valence electrons. The average Bonchev–Trinajstić information content (AvgIpc) is 3.36. The monoisotopic (exact) mass is 1020 g/mol. The lowest BCUT2D eigenvalue weighted by molar-refractivity contribution is -0.167. The van der Waals surface area contributed by atoms with Crippen LogP contribution in [0.5, 0.6) is 0 Å². The first kappa shape index (κ1) is 68.6. The van der Waals surface area contributed by atoms with Crippen LogP contribution in [0.25, 0.3) is 0 Å². The second-order valence-electron chi connectivity index (χ2n) is 20.1. The van der Waals surface area contributed by atoms with Gasteiger partial charge in [0, 0.05) is 38.8 Å². The van der Waals surface area contributed by atoms with E-state index in [1.165, 1.54) is 89.9 Å². The van der Waals surface area contributed by atoms with Crippen LogP contribution in [0.4, 0.5) is 4.79 Å². The maximum atomic E-state index is 13.2. The molecular formula is C60H110N2O10. The van der Waals surface area contributed by atoms with Gasteiger partial charge in [-0.05, 0) is 97.1 Å². The van der Waals surface area contributed by atoms with Crippen molar-refractivity contribution in [1.82, 2.24) is 10.2 Å². The molecule has 2 atom stereocenters. The van der Waals surface area contributed by atoms with Crippen LogP contribution in [0.1, 0.15) is 272 Å². The smallest absolute Gasteiger partial charge is 0.407 e. The van der Waals surface area contributed by atoms with Gasteiger partial charge < -0.3 is 33.9 Å². The fourth-order valence-corrected chi connectivity index (χ4v) is 8.29. The number of carbonyl (C=O) groups is 5. The minimum absolute atomic E-state index is 0.0840. The molecule has 0 rings (SSSR count). The van der Waals surface area contributed by atoms with E-state index in [2.05, 4.69) is 62.2 Å². The van der Waals surface area contributed by atoms with Crippen LogP contribution in [-0.2, 0) is 42.9 Å². The molecule has 0 fully saturated rings. The van der Waals surface area contributed by atoms with Gasteiger partial charge in [-0.15, -0.1) is 0 Å². The number of hydrogen-bond donors (Lipinski definition) is 1. The molecule has 0 heterocycles. The molecule has 0 saturated heterocycles. The van der Waals surface area contributed by atoms with Crippen molar-refractivity contribution in [1.29, 1.82) is 0 Å². The summed E-state index contributed by atoms with van der Waals surface area (Å²) in [5, 5.41) is 2.85. The predicted molar refractivity (Wildman–Crippen MR) is 295 cm³/mol. The van der Waals surface area contributed by atoms with E-state index in [0.717, 1.165) is 122 Å². The Labute approximate surface area is 441 Å². The van der Waals surface area contributed by atoms with Gasteiger partial charge in [-0.2, -0.15) is 0 Å². The molecule has 2 unspecified atom stereocenters. The van der Waals surface area contributed by atoms with Crippen LogP contribution >= 0.6 is 0 Å². The fourth-order valence-electron chi connectivity index (χ4n) is 8.29. The lowest BCUT2D eigenvalue weighted by Crippen LogP contribution is -2.35. The maximum absolute atomic E-state index is 13.2. The molecule has 1 amide bonds. The second-order valence-corrected chi connectivity index (χ2v) is 20.1. The zero-order valence-corrected chi connectivity index (χ0v) is 47.1. The fraction of sp³-hybridized carbons (Fsp3) is 0.850. The topological polar surface area (TPSA) is 147 Å². The number of unbranched alkanes of at least 4 members (excludes halogenated alkanes) is 25. The van der Waals surface area contributed by atoms with Crippen LogP contribution in [0, 0.1) is 0 Å². The molecule has 12 nitrogen and oxygen atoms in total. The van der Waals surface area contributed by atoms with Crippen LogP contribution in [0.15, 0.2) is 24.3 Å². The van der Waals surface area contributed by atoms with Crippen molar-refractivity contribution in [3.63, 3.8) is 0 Å². The van der Waals surface area contributed by atoms with Gasteiger partial charge in [-0.3, -0.25) is 19.2 Å². The molecule has 0 saturated carbocycles. The Bertz CT molecular complexity index is 1340. The van der Waals surface area contributed by atoms with E-state index in [-0.39, 0.29) is 50.5 Å². The number of rotatable bonds is 53. The number of nitrogens with one attached hydrogen (secondary N) is 1. The van der Waals surface area contributed by atoms with Crippen LogP contribution in [0.2, 0.25) is 0 Å². The van der Waals surface area contributed by atoms with Crippen molar-refractivity contribution in [2.75, 3.05) is 46.5 Å². The van der Waals surface area contributed by atoms with E-state index >= 15 is 0 Å². The highest BCUT2D eigenvalue weighted by Crippen LogP contribution is 2.17. The molecule has 1 N–H and O–H groups in total. The normalized spacial score (nSPS) is 12.4. The minimum Gasteiger partial charge on any atom is -0.466 e. The van der Waals surface area contributed by atoms with E-state index in [1.54, 1.807) is 0 Å². The average molecular weight is 1020 g/mol. The van der Waals surface area contributed by atoms with E-state index in [9.17, 15) is 24.0 Å². The van der Waals surface area contributed by atoms with Gasteiger partial charge in [-0.25, -0.2) is 4.79 Å². The summed E-state index contributed by atoms with van der Waals surface area (Å²) in [5.41, 5.74) is 0. The standard InChI is InChI=1S/C60H110N2O10/c1-6-10-13-16-19-21-22-23-24-25-26-27-29-33-39-46-57(64)69-52-55(53-70-58(65)47-40-35-31-34-38-45-56(63)68-51-41-36-30-28-20-17-14-11-7-2)71-59(66)48-42-44-54(43-37-32-18-15-12-8-3)72-60(67)61-49-50-62(5)9-4/h19,21,23-24,54-55H,6-18,20,22,25-53H2,1-5H3,(H,61,67)/b21-19-,24-23-. The summed E-state index contributed by atoms with van der Waals surface area (Å²) < 4.78 is 28.1.